The number of carbonyl (C=O) groups excluding carboxylic acids is 2. The molecule has 1 aliphatic rings. The fraction of sp³-hybridized carbons (Fsp3) is 0.360. The molecule has 10 nitrogen and oxygen atoms in total. The van der Waals surface area contributed by atoms with Crippen LogP contribution in [0.5, 0.6) is 5.75 Å². The first-order valence-corrected chi connectivity index (χ1v) is 11.5. The largest absolute Gasteiger partial charge is 0.494 e. The van der Waals surface area contributed by atoms with Crippen molar-refractivity contribution in [3.05, 3.63) is 65.7 Å². The normalized spacial score (nSPS) is 13.5. The van der Waals surface area contributed by atoms with Gasteiger partial charge >= 0.3 is 12.1 Å². The highest BCUT2D eigenvalue weighted by Crippen LogP contribution is 2.13. The molecule has 1 heterocycles. The van der Waals surface area contributed by atoms with E-state index in [1.807, 2.05) is 30.3 Å². The molecule has 0 spiro atoms. The summed E-state index contributed by atoms with van der Waals surface area (Å²) < 4.78 is 10.7. The molecule has 186 valence electrons. The first kappa shape index (κ1) is 25.5. The molecule has 0 fully saturated rings. The fourth-order valence-electron chi connectivity index (χ4n) is 3.32. The second-order valence-electron chi connectivity index (χ2n) is 7.97. The Labute approximate surface area is 203 Å². The minimum atomic E-state index is -1.14. The average Bonchev–Trinajstić information content (AvgIpc) is 2.86. The van der Waals surface area contributed by atoms with Gasteiger partial charge in [0.15, 0.2) is 5.96 Å². The summed E-state index contributed by atoms with van der Waals surface area (Å²) in [6.45, 7) is 1.84. The summed E-state index contributed by atoms with van der Waals surface area (Å²) >= 11 is 0. The lowest BCUT2D eigenvalue weighted by Gasteiger charge is -2.15. The van der Waals surface area contributed by atoms with E-state index in [1.54, 1.807) is 24.3 Å². The Morgan fingerprint density at radius 3 is 2.51 bits per heavy atom. The summed E-state index contributed by atoms with van der Waals surface area (Å²) in [5.41, 5.74) is 1.64. The molecule has 1 unspecified atom stereocenters. The molecule has 3 rings (SSSR count). The number of aliphatic imine (C=N–C) groups is 1. The van der Waals surface area contributed by atoms with Crippen LogP contribution in [0.4, 0.5) is 4.79 Å². The van der Waals surface area contributed by atoms with Crippen molar-refractivity contribution in [2.75, 3.05) is 19.7 Å². The van der Waals surface area contributed by atoms with Crippen molar-refractivity contribution < 1.29 is 29.0 Å². The van der Waals surface area contributed by atoms with Crippen molar-refractivity contribution >= 4 is 23.9 Å². The summed E-state index contributed by atoms with van der Waals surface area (Å²) in [6, 6.07) is 15.2. The molecule has 0 saturated carbocycles. The Morgan fingerprint density at radius 2 is 1.83 bits per heavy atom. The molecule has 0 aromatic heterocycles. The van der Waals surface area contributed by atoms with Gasteiger partial charge in [0.05, 0.1) is 13.0 Å². The van der Waals surface area contributed by atoms with Crippen molar-refractivity contribution in [1.82, 2.24) is 16.0 Å². The van der Waals surface area contributed by atoms with Gasteiger partial charge < -0.3 is 25.2 Å². The molecule has 1 atom stereocenters. The molecular weight excluding hydrogens is 452 g/mol. The number of alkyl carbamates (subject to hydrolysis) is 1. The molecule has 2 aromatic carbocycles. The summed E-state index contributed by atoms with van der Waals surface area (Å²) in [7, 11) is 0. The van der Waals surface area contributed by atoms with Crippen molar-refractivity contribution in [3.8, 4) is 5.75 Å². The molecule has 4 N–H and O–H groups in total. The molecule has 2 aromatic rings. The number of benzene rings is 2. The number of rotatable bonds is 11. The first-order chi connectivity index (χ1) is 17.0. The number of nitrogens with one attached hydrogen (secondary N) is 3. The predicted octanol–water partition coefficient (Wildman–Crippen LogP) is 2.23. The van der Waals surface area contributed by atoms with Gasteiger partial charge in [0.25, 0.3) is 0 Å². The van der Waals surface area contributed by atoms with Gasteiger partial charge in [-0.25, -0.2) is 9.59 Å². The monoisotopic (exact) mass is 482 g/mol. The van der Waals surface area contributed by atoms with Crippen molar-refractivity contribution in [1.29, 1.82) is 0 Å². The zero-order valence-corrected chi connectivity index (χ0v) is 19.4. The fourth-order valence-corrected chi connectivity index (χ4v) is 3.32. The molecule has 1 aliphatic heterocycles. The summed E-state index contributed by atoms with van der Waals surface area (Å²) in [6.07, 6.45) is 0.984. The van der Waals surface area contributed by atoms with Crippen LogP contribution in [0, 0.1) is 0 Å². The van der Waals surface area contributed by atoms with Crippen LogP contribution >= 0.6 is 0 Å². The number of hydrogen-bond acceptors (Lipinski definition) is 7. The van der Waals surface area contributed by atoms with Gasteiger partial charge in [-0.2, -0.15) is 0 Å². The van der Waals surface area contributed by atoms with E-state index in [9.17, 15) is 19.5 Å². The SMILES string of the molecule is O=C(Cc1ccc(OCCCC(NC(=O)OCc2ccccc2)C(=O)O)cc1)NC1=NCCCN1. The summed E-state index contributed by atoms with van der Waals surface area (Å²) in [4.78, 5) is 39.8. The van der Waals surface area contributed by atoms with Crippen molar-refractivity contribution in [3.63, 3.8) is 0 Å². The topological polar surface area (TPSA) is 138 Å². The summed E-state index contributed by atoms with van der Waals surface area (Å²) in [5, 5.41) is 17.5. The Balaban J connectivity index is 1.35. The maximum atomic E-state index is 12.1. The number of amides is 2. The van der Waals surface area contributed by atoms with Crippen LogP contribution in [0.2, 0.25) is 0 Å². The van der Waals surface area contributed by atoms with Crippen LogP contribution in [-0.2, 0) is 27.4 Å². The highest BCUT2D eigenvalue weighted by molar-refractivity contribution is 5.97. The zero-order chi connectivity index (χ0) is 24.9. The zero-order valence-electron chi connectivity index (χ0n) is 19.4. The number of carbonyl (C=O) groups is 3. The third kappa shape index (κ3) is 9.36. The highest BCUT2D eigenvalue weighted by atomic mass is 16.5. The Hall–Kier alpha value is -4.08. The van der Waals surface area contributed by atoms with Gasteiger partial charge in [0, 0.05) is 13.1 Å². The Bertz CT molecular complexity index is 1010. The lowest BCUT2D eigenvalue weighted by molar-refractivity contribution is -0.139. The number of carboxylic acids is 1. The van der Waals surface area contributed by atoms with Crippen LogP contribution < -0.4 is 20.7 Å². The van der Waals surface area contributed by atoms with Crippen molar-refractivity contribution in [2.24, 2.45) is 4.99 Å². The first-order valence-electron chi connectivity index (χ1n) is 11.5. The molecule has 0 bridgehead atoms. The lowest BCUT2D eigenvalue weighted by atomic mass is 10.1. The Morgan fingerprint density at radius 1 is 1.06 bits per heavy atom. The van der Waals surface area contributed by atoms with Gasteiger partial charge in [-0.3, -0.25) is 15.1 Å². The van der Waals surface area contributed by atoms with Crippen LogP contribution in [0.15, 0.2) is 59.6 Å². The number of hydrogen-bond donors (Lipinski definition) is 4. The number of carboxylic acid groups (broad SMARTS) is 1. The van der Waals surface area contributed by atoms with Crippen LogP contribution in [0.3, 0.4) is 0 Å². The smallest absolute Gasteiger partial charge is 0.408 e. The molecule has 35 heavy (non-hydrogen) atoms. The standard InChI is InChI=1S/C25H30N4O6/c30-22(29-24-26-13-5-14-27-24)16-18-9-11-20(12-10-18)34-15-4-8-21(23(31)32)28-25(33)35-17-19-6-2-1-3-7-19/h1-3,6-7,9-12,21H,4-5,8,13-17H2,(H,28,33)(H,31,32)(H2,26,27,29,30). The van der Waals surface area contributed by atoms with Gasteiger partial charge in [0.1, 0.15) is 18.4 Å². The Kier molecular flexibility index (Phi) is 9.91. The van der Waals surface area contributed by atoms with Gasteiger partial charge in [0.2, 0.25) is 5.91 Å². The van der Waals surface area contributed by atoms with E-state index in [4.69, 9.17) is 9.47 Å². The third-order valence-electron chi connectivity index (χ3n) is 5.15. The molecular formula is C25H30N4O6. The van der Waals surface area contributed by atoms with Crippen LogP contribution in [0.1, 0.15) is 30.4 Å². The molecule has 0 aliphatic carbocycles. The maximum absolute atomic E-state index is 12.1. The maximum Gasteiger partial charge on any atom is 0.408 e. The molecule has 10 heteroatoms. The number of guanidine groups is 1. The average molecular weight is 483 g/mol. The lowest BCUT2D eigenvalue weighted by Crippen LogP contribution is -2.44. The van der Waals surface area contributed by atoms with E-state index in [-0.39, 0.29) is 32.0 Å². The van der Waals surface area contributed by atoms with E-state index >= 15 is 0 Å². The predicted molar refractivity (Wildman–Crippen MR) is 129 cm³/mol. The summed E-state index contributed by atoms with van der Waals surface area (Å²) in [5.74, 6) is -0.172. The van der Waals surface area contributed by atoms with Crippen LogP contribution in [-0.4, -0.2) is 54.8 Å². The molecule has 0 saturated heterocycles. The van der Waals surface area contributed by atoms with Gasteiger partial charge in [-0.1, -0.05) is 42.5 Å². The van der Waals surface area contributed by atoms with Gasteiger partial charge in [-0.15, -0.1) is 0 Å². The minimum Gasteiger partial charge on any atom is -0.494 e. The highest BCUT2D eigenvalue weighted by Gasteiger charge is 2.20. The minimum absolute atomic E-state index is 0.0609. The molecule has 0 radical (unpaired) electrons. The number of ether oxygens (including phenoxy) is 2. The van der Waals surface area contributed by atoms with Crippen molar-refractivity contribution in [2.45, 2.75) is 38.3 Å². The van der Waals surface area contributed by atoms with E-state index in [2.05, 4.69) is 20.9 Å². The van der Waals surface area contributed by atoms with E-state index in [1.165, 1.54) is 0 Å². The van der Waals surface area contributed by atoms with E-state index in [0.29, 0.717) is 24.7 Å². The third-order valence-corrected chi connectivity index (χ3v) is 5.15. The molecule has 2 amide bonds. The second kappa shape index (κ2) is 13.6. The van der Waals surface area contributed by atoms with Crippen LogP contribution in [0.25, 0.3) is 0 Å². The van der Waals surface area contributed by atoms with E-state index < -0.39 is 18.1 Å². The van der Waals surface area contributed by atoms with E-state index in [0.717, 1.165) is 24.1 Å². The number of nitrogens with zero attached hydrogens (tertiary/aromatic N) is 1. The second-order valence-corrected chi connectivity index (χ2v) is 7.97. The number of aliphatic carboxylic acids is 1. The quantitative estimate of drug-likeness (QED) is 0.360. The van der Waals surface area contributed by atoms with Gasteiger partial charge in [-0.05, 0) is 42.5 Å².